The van der Waals surface area contributed by atoms with Gasteiger partial charge in [0.1, 0.15) is 0 Å². The molecule has 2 saturated heterocycles. The zero-order chi connectivity index (χ0) is 25.7. The number of carbonyl (C=O) groups excluding carboxylic acids is 1. The van der Waals surface area contributed by atoms with Crippen LogP contribution in [0.1, 0.15) is 40.7 Å². The number of anilines is 2. The molecule has 2 aromatic carbocycles. The fraction of sp³-hybridized carbons (Fsp3) is 0.433. The maximum Gasteiger partial charge on any atom is 0.257 e. The smallest absolute Gasteiger partial charge is 0.257 e. The lowest BCUT2D eigenvalue weighted by atomic mass is 10.1. The molecule has 0 aliphatic carbocycles. The van der Waals surface area contributed by atoms with E-state index in [1.54, 1.807) is 12.4 Å². The van der Waals surface area contributed by atoms with Gasteiger partial charge in [-0.25, -0.2) is 9.97 Å². The van der Waals surface area contributed by atoms with Gasteiger partial charge in [0.05, 0.1) is 18.8 Å². The van der Waals surface area contributed by atoms with Crippen molar-refractivity contribution in [2.45, 2.75) is 44.4 Å². The number of fused-ring (bicyclic) bond motifs is 3. The molecule has 2 fully saturated rings. The summed E-state index contributed by atoms with van der Waals surface area (Å²) < 4.78 is 5.44. The SMILES string of the molecule is O=C(c1cnc(N2CCOCC2)nc1)N1Cc2ccccc2NCC[C@@H]2CC[C@H](C1)N2Cc1ccccc1. The lowest BCUT2D eigenvalue weighted by molar-refractivity contribution is 0.0662. The highest BCUT2D eigenvalue weighted by molar-refractivity contribution is 5.93. The number of aromatic nitrogens is 2. The third kappa shape index (κ3) is 5.51. The quantitative estimate of drug-likeness (QED) is 0.570. The number of ether oxygens (including phenoxy) is 1. The van der Waals surface area contributed by atoms with Gasteiger partial charge in [0.25, 0.3) is 5.91 Å². The Morgan fingerprint density at radius 2 is 1.66 bits per heavy atom. The zero-order valence-corrected chi connectivity index (χ0v) is 21.8. The maximum absolute atomic E-state index is 14.0. The zero-order valence-electron chi connectivity index (χ0n) is 21.8. The first-order valence-electron chi connectivity index (χ1n) is 13.8. The van der Waals surface area contributed by atoms with E-state index in [2.05, 4.69) is 79.7 Å². The molecule has 1 amide bonds. The van der Waals surface area contributed by atoms with Crippen LogP contribution >= 0.6 is 0 Å². The number of para-hydroxylation sites is 1. The van der Waals surface area contributed by atoms with Crippen molar-refractivity contribution in [2.24, 2.45) is 0 Å². The fourth-order valence-corrected chi connectivity index (χ4v) is 6.00. The summed E-state index contributed by atoms with van der Waals surface area (Å²) >= 11 is 0. The average molecular weight is 513 g/mol. The van der Waals surface area contributed by atoms with Crippen molar-refractivity contribution < 1.29 is 9.53 Å². The Hall–Kier alpha value is -3.49. The van der Waals surface area contributed by atoms with Gasteiger partial charge in [-0.15, -0.1) is 0 Å². The largest absolute Gasteiger partial charge is 0.385 e. The second kappa shape index (κ2) is 11.5. The van der Waals surface area contributed by atoms with Crippen molar-refractivity contribution in [3.05, 3.63) is 83.7 Å². The van der Waals surface area contributed by atoms with Gasteiger partial charge in [0.15, 0.2) is 0 Å². The monoisotopic (exact) mass is 512 g/mol. The Labute approximate surface area is 224 Å². The normalized spacial score (nSPS) is 22.3. The number of hydrogen-bond acceptors (Lipinski definition) is 7. The Morgan fingerprint density at radius 1 is 0.921 bits per heavy atom. The van der Waals surface area contributed by atoms with Crippen LogP contribution in [-0.2, 0) is 17.8 Å². The second-order valence-corrected chi connectivity index (χ2v) is 10.5. The van der Waals surface area contributed by atoms with Crippen LogP contribution in [0.3, 0.4) is 0 Å². The van der Waals surface area contributed by atoms with Crippen LogP contribution in [-0.4, -0.2) is 77.2 Å². The van der Waals surface area contributed by atoms with E-state index in [1.807, 2.05) is 4.90 Å². The van der Waals surface area contributed by atoms with Crippen LogP contribution < -0.4 is 10.2 Å². The predicted octanol–water partition coefficient (Wildman–Crippen LogP) is 3.80. The summed E-state index contributed by atoms with van der Waals surface area (Å²) in [6.45, 7) is 5.94. The number of amides is 1. The van der Waals surface area contributed by atoms with Gasteiger partial charge in [-0.1, -0.05) is 48.5 Å². The van der Waals surface area contributed by atoms with Crippen LogP contribution in [0.25, 0.3) is 0 Å². The molecule has 2 bridgehead atoms. The second-order valence-electron chi connectivity index (χ2n) is 10.5. The first-order chi connectivity index (χ1) is 18.7. The van der Waals surface area contributed by atoms with Gasteiger partial charge < -0.3 is 19.9 Å². The molecule has 0 saturated carbocycles. The summed E-state index contributed by atoms with van der Waals surface area (Å²) in [6.07, 6.45) is 6.71. The van der Waals surface area contributed by atoms with E-state index >= 15 is 0 Å². The topological polar surface area (TPSA) is 73.8 Å². The van der Waals surface area contributed by atoms with Gasteiger partial charge in [0.2, 0.25) is 5.95 Å². The number of carbonyl (C=O) groups is 1. The summed E-state index contributed by atoms with van der Waals surface area (Å²) in [7, 11) is 0. The minimum atomic E-state index is -0.0179. The first kappa shape index (κ1) is 24.8. The molecular weight excluding hydrogens is 476 g/mol. The number of morpholine rings is 1. The van der Waals surface area contributed by atoms with Gasteiger partial charge in [-0.2, -0.15) is 0 Å². The molecule has 38 heavy (non-hydrogen) atoms. The molecule has 1 aromatic heterocycles. The number of benzene rings is 2. The van der Waals surface area contributed by atoms with E-state index in [0.717, 1.165) is 56.7 Å². The minimum Gasteiger partial charge on any atom is -0.385 e. The third-order valence-electron chi connectivity index (χ3n) is 8.05. The van der Waals surface area contributed by atoms with E-state index < -0.39 is 0 Å². The Balaban J connectivity index is 1.27. The molecule has 2 atom stereocenters. The van der Waals surface area contributed by atoms with Gasteiger partial charge in [-0.05, 0) is 36.5 Å². The molecule has 0 spiro atoms. The number of rotatable bonds is 4. The van der Waals surface area contributed by atoms with Crippen LogP contribution in [0, 0.1) is 0 Å². The van der Waals surface area contributed by atoms with E-state index in [4.69, 9.17) is 4.74 Å². The summed E-state index contributed by atoms with van der Waals surface area (Å²) in [5.41, 5.74) is 4.10. The number of nitrogens with one attached hydrogen (secondary N) is 1. The minimum absolute atomic E-state index is 0.0179. The predicted molar refractivity (Wildman–Crippen MR) is 148 cm³/mol. The van der Waals surface area contributed by atoms with Gasteiger partial charge in [0, 0.05) is 69.4 Å². The van der Waals surface area contributed by atoms with Crippen LogP contribution in [0.5, 0.6) is 0 Å². The van der Waals surface area contributed by atoms with Crippen molar-refractivity contribution in [2.75, 3.05) is 49.6 Å². The Kier molecular flexibility index (Phi) is 7.51. The molecule has 4 heterocycles. The lowest BCUT2D eigenvalue weighted by Gasteiger charge is -2.34. The highest BCUT2D eigenvalue weighted by Gasteiger charge is 2.36. The summed E-state index contributed by atoms with van der Waals surface area (Å²) in [4.78, 5) is 29.8. The summed E-state index contributed by atoms with van der Waals surface area (Å²) in [6, 6.07) is 19.8. The van der Waals surface area contributed by atoms with Gasteiger partial charge in [-0.3, -0.25) is 9.69 Å². The van der Waals surface area contributed by atoms with Crippen LogP contribution in [0.4, 0.5) is 11.6 Å². The van der Waals surface area contributed by atoms with E-state index in [1.165, 1.54) is 5.56 Å². The first-order valence-corrected chi connectivity index (χ1v) is 13.8. The highest BCUT2D eigenvalue weighted by atomic mass is 16.5. The van der Waals surface area contributed by atoms with E-state index in [9.17, 15) is 4.79 Å². The summed E-state index contributed by atoms with van der Waals surface area (Å²) in [5.74, 6) is 0.639. The molecule has 6 rings (SSSR count). The molecular formula is C30H36N6O2. The summed E-state index contributed by atoms with van der Waals surface area (Å²) in [5, 5.41) is 3.67. The standard InChI is InChI=1S/C30H36N6O2/c37-29(25-18-32-30(33-19-25)34-14-16-38-17-15-34)35-21-24-8-4-5-9-28(24)31-13-12-26-10-11-27(22-35)36(26)20-23-6-2-1-3-7-23/h1-9,18-19,26-27,31H,10-17,20-22H2/t26-,27+/m0/s1. The van der Waals surface area contributed by atoms with Crippen molar-refractivity contribution >= 4 is 17.5 Å². The highest BCUT2D eigenvalue weighted by Crippen LogP contribution is 2.31. The van der Waals surface area contributed by atoms with E-state index in [0.29, 0.717) is 49.9 Å². The fourth-order valence-electron chi connectivity index (χ4n) is 6.00. The molecule has 0 radical (unpaired) electrons. The molecule has 1 N–H and O–H groups in total. The lowest BCUT2D eigenvalue weighted by Crippen LogP contribution is -2.45. The molecule has 8 heteroatoms. The van der Waals surface area contributed by atoms with Crippen molar-refractivity contribution in [3.8, 4) is 0 Å². The van der Waals surface area contributed by atoms with E-state index in [-0.39, 0.29) is 5.91 Å². The molecule has 198 valence electrons. The van der Waals surface area contributed by atoms with Crippen LogP contribution in [0.2, 0.25) is 0 Å². The number of nitrogens with zero attached hydrogens (tertiary/aromatic N) is 5. The Morgan fingerprint density at radius 3 is 2.47 bits per heavy atom. The Bertz CT molecular complexity index is 1210. The molecule has 3 aliphatic rings. The molecule has 3 aromatic rings. The third-order valence-corrected chi connectivity index (χ3v) is 8.05. The molecule has 8 nitrogen and oxygen atoms in total. The van der Waals surface area contributed by atoms with Crippen molar-refractivity contribution in [3.63, 3.8) is 0 Å². The van der Waals surface area contributed by atoms with Crippen molar-refractivity contribution in [1.82, 2.24) is 19.8 Å². The van der Waals surface area contributed by atoms with Gasteiger partial charge >= 0.3 is 0 Å². The number of hydrogen-bond donors (Lipinski definition) is 1. The molecule has 3 aliphatic heterocycles. The van der Waals surface area contributed by atoms with Crippen molar-refractivity contribution in [1.29, 1.82) is 0 Å². The molecule has 0 unspecified atom stereocenters. The average Bonchev–Trinajstić information content (AvgIpc) is 3.33. The maximum atomic E-state index is 14.0. The van der Waals surface area contributed by atoms with Crippen LogP contribution in [0.15, 0.2) is 67.0 Å².